The number of nitrogens with zero attached hydrogens (tertiary/aromatic N) is 1. The summed E-state index contributed by atoms with van der Waals surface area (Å²) in [6.07, 6.45) is 1.35. The maximum absolute atomic E-state index is 11.9. The van der Waals surface area contributed by atoms with E-state index in [1.165, 1.54) is 26.1 Å². The molecule has 3 heteroatoms. The summed E-state index contributed by atoms with van der Waals surface area (Å²) in [5.41, 5.74) is 2.51. The molecule has 1 amide bonds. The van der Waals surface area contributed by atoms with Gasteiger partial charge in [-0.3, -0.25) is 4.79 Å². The highest BCUT2D eigenvalue weighted by atomic mass is 32.1. The second-order valence-electron chi connectivity index (χ2n) is 5.55. The molecule has 0 atom stereocenters. The van der Waals surface area contributed by atoms with Crippen LogP contribution in [0.1, 0.15) is 11.3 Å². The predicted molar refractivity (Wildman–Crippen MR) is 94.3 cm³/mol. The molecule has 2 aromatic carbocycles. The maximum atomic E-state index is 11.9. The minimum absolute atomic E-state index is 0.177. The Labute approximate surface area is 135 Å². The van der Waals surface area contributed by atoms with Crippen LogP contribution in [0.25, 0.3) is 21.2 Å². The summed E-state index contributed by atoms with van der Waals surface area (Å²) in [7, 11) is 3.62. The first-order chi connectivity index (χ1) is 10.7. The van der Waals surface area contributed by atoms with Gasteiger partial charge in [-0.1, -0.05) is 48.5 Å². The third-order valence-corrected chi connectivity index (χ3v) is 5.03. The van der Waals surface area contributed by atoms with Gasteiger partial charge in [-0.2, -0.15) is 0 Å². The van der Waals surface area contributed by atoms with Gasteiger partial charge in [0.25, 0.3) is 0 Å². The topological polar surface area (TPSA) is 20.3 Å². The number of hydrogen-bond donors (Lipinski definition) is 0. The highest BCUT2D eigenvalue weighted by Crippen LogP contribution is 2.39. The van der Waals surface area contributed by atoms with Crippen LogP contribution in [0.3, 0.4) is 0 Å². The van der Waals surface area contributed by atoms with Gasteiger partial charge in [0.2, 0.25) is 5.91 Å². The van der Waals surface area contributed by atoms with E-state index in [4.69, 9.17) is 0 Å². The monoisotopic (exact) mass is 309 g/mol. The molecule has 3 aromatic rings. The molecule has 0 bridgehead atoms. The maximum Gasteiger partial charge on any atom is 0.222 e. The SMILES string of the molecule is CN(C)C(=O)CCc1sc2ccccc2c1-c1ccccc1. The second kappa shape index (κ2) is 6.32. The predicted octanol–water partition coefficient (Wildman–Crippen LogP) is 4.59. The zero-order valence-electron chi connectivity index (χ0n) is 12.9. The molecule has 3 rings (SSSR count). The van der Waals surface area contributed by atoms with Crippen LogP contribution >= 0.6 is 11.3 Å². The standard InChI is InChI=1S/C19H19NOS/c1-20(2)18(21)13-12-17-19(14-8-4-3-5-9-14)15-10-6-7-11-16(15)22-17/h3-11H,12-13H2,1-2H3. The molecule has 0 aliphatic rings. The lowest BCUT2D eigenvalue weighted by Gasteiger charge is -2.10. The van der Waals surface area contributed by atoms with Gasteiger partial charge >= 0.3 is 0 Å². The van der Waals surface area contributed by atoms with E-state index >= 15 is 0 Å². The minimum atomic E-state index is 0.177. The summed E-state index contributed by atoms with van der Waals surface area (Å²) in [5, 5.41) is 1.28. The molecule has 0 aliphatic carbocycles. The summed E-state index contributed by atoms with van der Waals surface area (Å²) in [5.74, 6) is 0.177. The number of carbonyl (C=O) groups is 1. The fourth-order valence-corrected chi connectivity index (χ4v) is 3.86. The van der Waals surface area contributed by atoms with Crippen molar-refractivity contribution in [3.05, 3.63) is 59.5 Å². The van der Waals surface area contributed by atoms with Crippen LogP contribution in [-0.2, 0) is 11.2 Å². The smallest absolute Gasteiger partial charge is 0.222 e. The minimum Gasteiger partial charge on any atom is -0.349 e. The number of rotatable bonds is 4. The van der Waals surface area contributed by atoms with Crippen LogP contribution in [-0.4, -0.2) is 24.9 Å². The van der Waals surface area contributed by atoms with Gasteiger partial charge in [0.1, 0.15) is 0 Å². The van der Waals surface area contributed by atoms with Gasteiger partial charge in [-0.05, 0) is 18.1 Å². The van der Waals surface area contributed by atoms with Crippen molar-refractivity contribution in [1.82, 2.24) is 4.90 Å². The van der Waals surface area contributed by atoms with Crippen molar-refractivity contribution in [3.8, 4) is 11.1 Å². The molecule has 112 valence electrons. The van der Waals surface area contributed by atoms with Gasteiger partial charge in [-0.25, -0.2) is 0 Å². The van der Waals surface area contributed by atoms with E-state index in [1.807, 2.05) is 20.2 Å². The Morgan fingerprint density at radius 2 is 1.68 bits per heavy atom. The van der Waals surface area contributed by atoms with Crippen molar-refractivity contribution in [2.75, 3.05) is 14.1 Å². The number of thiophene rings is 1. The largest absolute Gasteiger partial charge is 0.349 e. The lowest BCUT2D eigenvalue weighted by Crippen LogP contribution is -2.21. The first kappa shape index (κ1) is 14.8. The van der Waals surface area contributed by atoms with Crippen LogP contribution in [0, 0.1) is 0 Å². The highest BCUT2D eigenvalue weighted by Gasteiger charge is 2.15. The van der Waals surface area contributed by atoms with Crippen molar-refractivity contribution < 1.29 is 4.79 Å². The van der Waals surface area contributed by atoms with Crippen molar-refractivity contribution in [2.45, 2.75) is 12.8 Å². The van der Waals surface area contributed by atoms with E-state index in [1.54, 1.807) is 16.2 Å². The Morgan fingerprint density at radius 1 is 1.00 bits per heavy atom. The first-order valence-electron chi connectivity index (χ1n) is 7.43. The molecular formula is C19H19NOS. The Hall–Kier alpha value is -2.13. The third-order valence-electron chi connectivity index (χ3n) is 3.80. The molecule has 0 aliphatic heterocycles. The van der Waals surface area contributed by atoms with Gasteiger partial charge in [0.15, 0.2) is 0 Å². The molecule has 0 radical (unpaired) electrons. The van der Waals surface area contributed by atoms with Crippen LogP contribution in [0.5, 0.6) is 0 Å². The van der Waals surface area contributed by atoms with E-state index in [-0.39, 0.29) is 5.91 Å². The van der Waals surface area contributed by atoms with Crippen LogP contribution < -0.4 is 0 Å². The van der Waals surface area contributed by atoms with Crippen molar-refractivity contribution in [2.24, 2.45) is 0 Å². The molecule has 0 saturated carbocycles. The number of fused-ring (bicyclic) bond motifs is 1. The molecule has 0 spiro atoms. The van der Waals surface area contributed by atoms with Crippen LogP contribution in [0.4, 0.5) is 0 Å². The van der Waals surface area contributed by atoms with E-state index in [2.05, 4.69) is 48.5 Å². The number of amides is 1. The summed E-state index contributed by atoms with van der Waals surface area (Å²) in [6, 6.07) is 18.9. The summed E-state index contributed by atoms with van der Waals surface area (Å²) >= 11 is 1.80. The lowest BCUT2D eigenvalue weighted by atomic mass is 10.0. The number of carbonyl (C=O) groups excluding carboxylic acids is 1. The molecule has 0 saturated heterocycles. The summed E-state index contributed by atoms with van der Waals surface area (Å²) in [4.78, 5) is 14.9. The van der Waals surface area contributed by atoms with Crippen molar-refractivity contribution >= 4 is 27.3 Å². The van der Waals surface area contributed by atoms with Gasteiger partial charge in [0, 0.05) is 41.0 Å². The first-order valence-corrected chi connectivity index (χ1v) is 8.24. The van der Waals surface area contributed by atoms with E-state index < -0.39 is 0 Å². The molecule has 0 N–H and O–H groups in total. The molecule has 2 nitrogen and oxygen atoms in total. The Kier molecular flexibility index (Phi) is 4.25. The van der Waals surface area contributed by atoms with Crippen molar-refractivity contribution in [3.63, 3.8) is 0 Å². The summed E-state index contributed by atoms with van der Waals surface area (Å²) < 4.78 is 1.29. The Balaban J connectivity index is 2.04. The molecule has 22 heavy (non-hydrogen) atoms. The summed E-state index contributed by atoms with van der Waals surface area (Å²) in [6.45, 7) is 0. The number of aryl methyl sites for hydroxylation is 1. The average Bonchev–Trinajstić information content (AvgIpc) is 2.91. The number of hydrogen-bond acceptors (Lipinski definition) is 2. The Bertz CT molecular complexity index is 790. The van der Waals surface area contributed by atoms with Gasteiger partial charge in [-0.15, -0.1) is 11.3 Å². The zero-order valence-corrected chi connectivity index (χ0v) is 13.7. The van der Waals surface area contributed by atoms with Gasteiger partial charge in [0.05, 0.1) is 0 Å². The zero-order chi connectivity index (χ0) is 15.5. The van der Waals surface area contributed by atoms with Crippen LogP contribution in [0.15, 0.2) is 54.6 Å². The van der Waals surface area contributed by atoms with E-state index in [9.17, 15) is 4.79 Å². The molecular weight excluding hydrogens is 290 g/mol. The normalized spacial score (nSPS) is 10.8. The molecule has 1 aromatic heterocycles. The van der Waals surface area contributed by atoms with E-state index in [0.29, 0.717) is 6.42 Å². The third kappa shape index (κ3) is 2.90. The van der Waals surface area contributed by atoms with Crippen LogP contribution in [0.2, 0.25) is 0 Å². The fourth-order valence-electron chi connectivity index (χ4n) is 2.64. The average molecular weight is 309 g/mol. The highest BCUT2D eigenvalue weighted by molar-refractivity contribution is 7.19. The second-order valence-corrected chi connectivity index (χ2v) is 6.69. The molecule has 0 unspecified atom stereocenters. The van der Waals surface area contributed by atoms with E-state index in [0.717, 1.165) is 6.42 Å². The molecule has 0 fully saturated rings. The van der Waals surface area contributed by atoms with Crippen molar-refractivity contribution in [1.29, 1.82) is 0 Å². The van der Waals surface area contributed by atoms with Gasteiger partial charge < -0.3 is 4.90 Å². The Morgan fingerprint density at radius 3 is 2.41 bits per heavy atom. The molecule has 1 heterocycles. The number of benzene rings is 2. The fraction of sp³-hybridized carbons (Fsp3) is 0.211. The lowest BCUT2D eigenvalue weighted by molar-refractivity contribution is -0.128. The quantitative estimate of drug-likeness (QED) is 0.690.